The van der Waals surface area contributed by atoms with Crippen LogP contribution in [0.2, 0.25) is 0 Å². The second-order valence-corrected chi connectivity index (χ2v) is 8.30. The molecule has 5 heteroatoms. The smallest absolute Gasteiger partial charge is 0.288 e. The summed E-state index contributed by atoms with van der Waals surface area (Å²) >= 11 is 0. The number of benzene rings is 1. The van der Waals surface area contributed by atoms with E-state index < -0.39 is 9.45 Å². The lowest BCUT2D eigenvalue weighted by atomic mass is 10.1. The van der Waals surface area contributed by atoms with E-state index in [9.17, 15) is 9.00 Å². The molecule has 0 saturated heterocycles. The Kier molecular flexibility index (Phi) is 5.94. The van der Waals surface area contributed by atoms with Gasteiger partial charge in [0, 0.05) is 27.3 Å². The van der Waals surface area contributed by atoms with Crippen molar-refractivity contribution in [2.75, 3.05) is 6.54 Å². The van der Waals surface area contributed by atoms with Crippen molar-refractivity contribution in [3.63, 3.8) is 0 Å². The summed E-state index contributed by atoms with van der Waals surface area (Å²) in [5.41, 5.74) is 0.788. The fourth-order valence-corrected chi connectivity index (χ4v) is 4.21. The van der Waals surface area contributed by atoms with E-state index in [4.69, 9.17) is 0 Å². The number of rotatable bonds is 3. The summed E-state index contributed by atoms with van der Waals surface area (Å²) in [5, 5.41) is -0.0427. The molecule has 0 radical (unpaired) electrons. The van der Waals surface area contributed by atoms with Crippen LogP contribution in [0, 0.1) is 0 Å². The van der Waals surface area contributed by atoms with Crippen molar-refractivity contribution in [1.29, 1.82) is 0 Å². The molecule has 0 aromatic heterocycles. The summed E-state index contributed by atoms with van der Waals surface area (Å²) in [6.45, 7) is 8.56. The van der Waals surface area contributed by atoms with Crippen molar-refractivity contribution < 1.29 is 9.00 Å². The topological polar surface area (TPSA) is 37.4 Å². The molecule has 0 aliphatic rings. The Morgan fingerprint density at radius 2 is 1.84 bits per heavy atom. The molecule has 0 bridgehead atoms. The van der Waals surface area contributed by atoms with Crippen LogP contribution in [-0.4, -0.2) is 26.4 Å². The van der Waals surface area contributed by atoms with Gasteiger partial charge in [0.1, 0.15) is 10.2 Å². The molecule has 1 aromatic rings. The molecule has 0 saturated carbocycles. The molecule has 106 valence electrons. The average Bonchev–Trinajstić information content (AvgIpc) is 2.36. The number of amides is 1. The maximum Gasteiger partial charge on any atom is 0.288 e. The number of carbonyl (C=O) groups excluding carboxylic acids is 1. The third kappa shape index (κ3) is 4.58. The van der Waals surface area contributed by atoms with Crippen LogP contribution >= 0.6 is 0 Å². The molecule has 1 aromatic carbocycles. The molecule has 0 aliphatic carbocycles. The van der Waals surface area contributed by atoms with Gasteiger partial charge in [0.15, 0.2) is 0 Å². The SMILES string of the molecule is CCN(C(=O)S(Cc1ccccc1)=S=O)C(C)(C)C. The van der Waals surface area contributed by atoms with E-state index in [1.165, 1.54) is 0 Å². The van der Waals surface area contributed by atoms with Crippen LogP contribution in [0.15, 0.2) is 30.3 Å². The molecular weight excluding hydrogens is 278 g/mol. The Morgan fingerprint density at radius 3 is 2.26 bits per heavy atom. The summed E-state index contributed by atoms with van der Waals surface area (Å²) in [6, 6.07) is 9.70. The van der Waals surface area contributed by atoms with Gasteiger partial charge in [-0.05, 0) is 33.3 Å². The van der Waals surface area contributed by atoms with Crippen molar-refractivity contribution in [3.05, 3.63) is 35.9 Å². The maximum atomic E-state index is 12.5. The van der Waals surface area contributed by atoms with E-state index >= 15 is 0 Å². The summed E-state index contributed by atoms with van der Waals surface area (Å²) in [5.74, 6) is 0.514. The number of nitrogens with zero attached hydrogens (tertiary/aromatic N) is 1. The van der Waals surface area contributed by atoms with E-state index in [1.54, 1.807) is 4.90 Å². The lowest BCUT2D eigenvalue weighted by Crippen LogP contribution is -2.46. The van der Waals surface area contributed by atoms with Crippen molar-refractivity contribution in [2.24, 2.45) is 0 Å². The molecule has 0 heterocycles. The van der Waals surface area contributed by atoms with Gasteiger partial charge in [-0.3, -0.25) is 4.79 Å². The Bertz CT molecular complexity index is 488. The molecule has 0 spiro atoms. The molecule has 1 rings (SSSR count). The zero-order valence-corrected chi connectivity index (χ0v) is 13.5. The predicted molar refractivity (Wildman–Crippen MR) is 83.2 cm³/mol. The first-order valence-corrected chi connectivity index (χ1v) is 8.92. The fourth-order valence-electron chi connectivity index (χ4n) is 1.84. The molecule has 3 nitrogen and oxygen atoms in total. The maximum absolute atomic E-state index is 12.5. The molecule has 19 heavy (non-hydrogen) atoms. The summed E-state index contributed by atoms with van der Waals surface area (Å²) < 4.78 is 11.3. The van der Waals surface area contributed by atoms with E-state index in [-0.39, 0.29) is 10.8 Å². The zero-order chi connectivity index (χ0) is 14.5. The lowest BCUT2D eigenvalue weighted by Gasteiger charge is -2.34. The minimum atomic E-state index is -0.855. The summed E-state index contributed by atoms with van der Waals surface area (Å²) in [6.07, 6.45) is 0. The van der Waals surface area contributed by atoms with Crippen LogP contribution < -0.4 is 0 Å². The van der Waals surface area contributed by atoms with E-state index in [0.717, 1.165) is 5.56 Å². The van der Waals surface area contributed by atoms with Crippen molar-refractivity contribution in [2.45, 2.75) is 39.0 Å². The molecule has 0 N–H and O–H groups in total. The third-order valence-electron chi connectivity index (χ3n) is 2.76. The van der Waals surface area contributed by atoms with E-state index in [0.29, 0.717) is 22.5 Å². The first kappa shape index (κ1) is 16.1. The second-order valence-electron chi connectivity index (χ2n) is 5.22. The van der Waals surface area contributed by atoms with Crippen molar-refractivity contribution in [1.82, 2.24) is 4.90 Å². The Labute approximate surface area is 120 Å². The molecule has 1 atom stereocenters. The highest BCUT2D eigenvalue weighted by Gasteiger charge is 2.27. The Balaban J connectivity index is 2.93. The summed E-state index contributed by atoms with van der Waals surface area (Å²) in [4.78, 5) is 14.3. The Hall–Kier alpha value is -0.940. The van der Waals surface area contributed by atoms with Gasteiger partial charge in [-0.1, -0.05) is 30.3 Å². The van der Waals surface area contributed by atoms with Crippen LogP contribution in [-0.2, 0) is 25.4 Å². The fraction of sp³-hybridized carbons (Fsp3) is 0.500. The minimum absolute atomic E-state index is 0.0427. The van der Waals surface area contributed by atoms with Gasteiger partial charge in [-0.15, -0.1) is 0 Å². The van der Waals surface area contributed by atoms with Gasteiger partial charge >= 0.3 is 0 Å². The second kappa shape index (κ2) is 7.01. The van der Waals surface area contributed by atoms with Crippen molar-refractivity contribution in [3.8, 4) is 0 Å². The van der Waals surface area contributed by atoms with Crippen LogP contribution in [0.4, 0.5) is 4.79 Å². The normalized spacial score (nSPS) is 12.8. The standard InChI is InChI=1S/C14H21NO2S2/c1-5-15(14(2,3)4)13(16)19(18-17)11-12-9-7-6-8-10-12/h6-10H,5,11H2,1-4H3. The van der Waals surface area contributed by atoms with Crippen LogP contribution in [0.3, 0.4) is 0 Å². The largest absolute Gasteiger partial charge is 0.329 e. The van der Waals surface area contributed by atoms with E-state index in [1.807, 2.05) is 58.0 Å². The van der Waals surface area contributed by atoms with E-state index in [2.05, 4.69) is 0 Å². The van der Waals surface area contributed by atoms with Crippen LogP contribution in [0.1, 0.15) is 33.3 Å². The number of hydrogen-bond acceptors (Lipinski definition) is 2. The van der Waals surface area contributed by atoms with Crippen LogP contribution in [0.25, 0.3) is 0 Å². The zero-order valence-electron chi connectivity index (χ0n) is 11.9. The average molecular weight is 299 g/mol. The minimum Gasteiger partial charge on any atom is -0.329 e. The monoisotopic (exact) mass is 299 g/mol. The Morgan fingerprint density at radius 1 is 1.26 bits per heavy atom. The molecule has 0 aliphatic heterocycles. The molecule has 1 unspecified atom stereocenters. The third-order valence-corrected chi connectivity index (χ3v) is 5.41. The molecule has 1 amide bonds. The number of hydrogen-bond donors (Lipinski definition) is 0. The number of carbonyl (C=O) groups is 1. The highest BCUT2D eigenvalue weighted by atomic mass is 32.8. The highest BCUT2D eigenvalue weighted by Crippen LogP contribution is 2.17. The molecule has 0 fully saturated rings. The van der Waals surface area contributed by atoms with Crippen LogP contribution in [0.5, 0.6) is 0 Å². The van der Waals surface area contributed by atoms with Gasteiger partial charge in [-0.2, -0.15) is 0 Å². The molecular formula is C14H21NO2S2. The lowest BCUT2D eigenvalue weighted by molar-refractivity contribution is 0.172. The quantitative estimate of drug-likeness (QED) is 0.859. The van der Waals surface area contributed by atoms with Gasteiger partial charge in [-0.25, -0.2) is 4.21 Å². The van der Waals surface area contributed by atoms with Gasteiger partial charge in [0.2, 0.25) is 0 Å². The van der Waals surface area contributed by atoms with Gasteiger partial charge < -0.3 is 4.90 Å². The predicted octanol–water partition coefficient (Wildman–Crippen LogP) is 3.17. The summed E-state index contributed by atoms with van der Waals surface area (Å²) in [7, 11) is -0.436. The van der Waals surface area contributed by atoms with Gasteiger partial charge in [0.05, 0.1) is 0 Å². The first-order valence-electron chi connectivity index (χ1n) is 6.27. The highest BCUT2D eigenvalue weighted by molar-refractivity contribution is 8.38. The van der Waals surface area contributed by atoms with Gasteiger partial charge in [0.25, 0.3) is 5.24 Å². The first-order chi connectivity index (χ1) is 8.90. The van der Waals surface area contributed by atoms with Crippen molar-refractivity contribution >= 4 is 24.9 Å².